The lowest BCUT2D eigenvalue weighted by Crippen LogP contribution is -1.93. The normalized spacial score (nSPS) is 16.2. The van der Waals surface area contributed by atoms with Crippen molar-refractivity contribution >= 4 is 0 Å². The highest BCUT2D eigenvalue weighted by molar-refractivity contribution is 5.69. The van der Waals surface area contributed by atoms with Gasteiger partial charge in [-0.15, -0.1) is 0 Å². The van der Waals surface area contributed by atoms with Crippen LogP contribution in [0.25, 0.3) is 11.1 Å². The van der Waals surface area contributed by atoms with E-state index >= 15 is 0 Å². The van der Waals surface area contributed by atoms with Crippen LogP contribution < -0.4 is 9.47 Å². The molecule has 4 rings (SSSR count). The van der Waals surface area contributed by atoms with Gasteiger partial charge in [0.2, 0.25) is 6.79 Å². The fourth-order valence-electron chi connectivity index (χ4n) is 2.57. The van der Waals surface area contributed by atoms with Crippen molar-refractivity contribution in [1.82, 2.24) is 9.78 Å². The fourth-order valence-corrected chi connectivity index (χ4v) is 2.57. The Morgan fingerprint density at radius 1 is 1.18 bits per heavy atom. The molecule has 4 nitrogen and oxygen atoms in total. The van der Waals surface area contributed by atoms with Crippen molar-refractivity contribution in [2.24, 2.45) is 0 Å². The van der Waals surface area contributed by atoms with E-state index in [0.29, 0.717) is 6.79 Å². The molecule has 2 aliphatic heterocycles. The number of aromatic nitrogens is 2. The lowest BCUT2D eigenvalue weighted by Gasteiger charge is -2.02. The van der Waals surface area contributed by atoms with E-state index < -0.39 is 0 Å². The Morgan fingerprint density at radius 2 is 2.12 bits per heavy atom. The van der Waals surface area contributed by atoms with Gasteiger partial charge in [-0.25, -0.2) is 0 Å². The molecule has 0 saturated heterocycles. The minimum Gasteiger partial charge on any atom is -0.454 e. The number of hydrogen-bond acceptors (Lipinski definition) is 3. The van der Waals surface area contributed by atoms with Gasteiger partial charge in [-0.3, -0.25) is 4.68 Å². The van der Waals surface area contributed by atoms with Crippen molar-refractivity contribution < 1.29 is 9.47 Å². The Labute approximate surface area is 98.8 Å². The molecule has 0 radical (unpaired) electrons. The maximum atomic E-state index is 5.41. The number of benzene rings is 1. The third-order valence-electron chi connectivity index (χ3n) is 3.42. The quantitative estimate of drug-likeness (QED) is 0.751. The summed E-state index contributed by atoms with van der Waals surface area (Å²) in [6.45, 7) is 1.37. The molecule has 0 N–H and O–H groups in total. The van der Waals surface area contributed by atoms with Gasteiger partial charge in [-0.05, 0) is 30.5 Å². The van der Waals surface area contributed by atoms with Crippen molar-refractivity contribution in [2.75, 3.05) is 6.79 Å². The molecule has 2 aliphatic rings. The van der Waals surface area contributed by atoms with E-state index in [1.165, 1.54) is 17.7 Å². The molecule has 2 aromatic rings. The van der Waals surface area contributed by atoms with Crippen LogP contribution in [-0.4, -0.2) is 16.6 Å². The molecule has 3 heterocycles. The third kappa shape index (κ3) is 1.27. The maximum Gasteiger partial charge on any atom is 0.231 e. The van der Waals surface area contributed by atoms with E-state index in [9.17, 15) is 0 Å². The van der Waals surface area contributed by atoms with Crippen LogP contribution in [0.1, 0.15) is 12.1 Å². The van der Waals surface area contributed by atoms with E-state index in [1.807, 2.05) is 18.3 Å². The van der Waals surface area contributed by atoms with E-state index in [4.69, 9.17) is 9.47 Å². The minimum absolute atomic E-state index is 0.324. The Kier molecular flexibility index (Phi) is 1.75. The van der Waals surface area contributed by atoms with Gasteiger partial charge >= 0.3 is 0 Å². The van der Waals surface area contributed by atoms with Crippen LogP contribution in [0.2, 0.25) is 0 Å². The number of aryl methyl sites for hydroxylation is 1. The summed E-state index contributed by atoms with van der Waals surface area (Å²) < 4.78 is 12.8. The molecule has 4 heteroatoms. The van der Waals surface area contributed by atoms with Crippen LogP contribution in [0.5, 0.6) is 11.5 Å². The highest BCUT2D eigenvalue weighted by Crippen LogP contribution is 2.37. The van der Waals surface area contributed by atoms with Crippen LogP contribution in [0.4, 0.5) is 0 Å². The predicted octanol–water partition coefficient (Wildman–Crippen LogP) is 2.22. The van der Waals surface area contributed by atoms with Gasteiger partial charge in [-0.2, -0.15) is 5.10 Å². The summed E-state index contributed by atoms with van der Waals surface area (Å²) in [6.07, 6.45) is 4.26. The van der Waals surface area contributed by atoms with Crippen LogP contribution >= 0.6 is 0 Å². The van der Waals surface area contributed by atoms with Crippen LogP contribution in [0.15, 0.2) is 24.4 Å². The maximum absolute atomic E-state index is 5.41. The Balaban J connectivity index is 1.84. The second-order valence-electron chi connectivity index (χ2n) is 4.40. The Bertz CT molecular complexity index is 589. The smallest absolute Gasteiger partial charge is 0.231 e. The van der Waals surface area contributed by atoms with Gasteiger partial charge in [-0.1, -0.05) is 6.07 Å². The van der Waals surface area contributed by atoms with Gasteiger partial charge in [0.05, 0.1) is 6.20 Å². The van der Waals surface area contributed by atoms with Gasteiger partial charge in [0.15, 0.2) is 11.5 Å². The summed E-state index contributed by atoms with van der Waals surface area (Å²) in [5, 5.41) is 4.41. The van der Waals surface area contributed by atoms with Crippen LogP contribution in [0.3, 0.4) is 0 Å². The van der Waals surface area contributed by atoms with Gasteiger partial charge in [0, 0.05) is 17.8 Å². The fraction of sp³-hybridized carbons (Fsp3) is 0.308. The highest BCUT2D eigenvalue weighted by atomic mass is 16.7. The summed E-state index contributed by atoms with van der Waals surface area (Å²) >= 11 is 0. The van der Waals surface area contributed by atoms with Crippen molar-refractivity contribution in [3.63, 3.8) is 0 Å². The van der Waals surface area contributed by atoms with E-state index in [1.54, 1.807) is 0 Å². The van der Waals surface area contributed by atoms with E-state index in [0.717, 1.165) is 30.0 Å². The predicted molar refractivity (Wildman–Crippen MR) is 62.1 cm³/mol. The second kappa shape index (κ2) is 3.26. The first-order chi connectivity index (χ1) is 8.42. The zero-order valence-corrected chi connectivity index (χ0v) is 9.35. The molecule has 1 aromatic heterocycles. The molecule has 0 amide bonds. The molecule has 86 valence electrons. The van der Waals surface area contributed by atoms with Gasteiger partial charge < -0.3 is 9.47 Å². The zero-order chi connectivity index (χ0) is 11.2. The number of fused-ring (bicyclic) bond motifs is 2. The van der Waals surface area contributed by atoms with Gasteiger partial charge in [0.1, 0.15) is 0 Å². The Hall–Kier alpha value is -1.97. The molecule has 17 heavy (non-hydrogen) atoms. The van der Waals surface area contributed by atoms with Crippen LogP contribution in [0, 0.1) is 0 Å². The first-order valence-corrected chi connectivity index (χ1v) is 5.86. The average Bonchev–Trinajstić information content (AvgIpc) is 3.03. The molecule has 0 fully saturated rings. The molecule has 1 aromatic carbocycles. The van der Waals surface area contributed by atoms with E-state index in [2.05, 4.69) is 15.8 Å². The first kappa shape index (κ1) is 9.10. The molecular weight excluding hydrogens is 216 g/mol. The zero-order valence-electron chi connectivity index (χ0n) is 9.35. The second-order valence-corrected chi connectivity index (χ2v) is 4.40. The molecular formula is C13H12N2O2. The number of nitrogens with zero attached hydrogens (tertiary/aromatic N) is 2. The van der Waals surface area contributed by atoms with Crippen molar-refractivity contribution in [3.05, 3.63) is 30.1 Å². The summed E-state index contributed by atoms with van der Waals surface area (Å²) in [6, 6.07) is 6.08. The topological polar surface area (TPSA) is 36.3 Å². The summed E-state index contributed by atoms with van der Waals surface area (Å²) in [5.74, 6) is 1.66. The highest BCUT2D eigenvalue weighted by Gasteiger charge is 2.19. The molecule has 0 saturated carbocycles. The lowest BCUT2D eigenvalue weighted by molar-refractivity contribution is 0.174. The van der Waals surface area contributed by atoms with Crippen molar-refractivity contribution in [3.8, 4) is 22.6 Å². The summed E-state index contributed by atoms with van der Waals surface area (Å²) in [4.78, 5) is 0. The lowest BCUT2D eigenvalue weighted by atomic mass is 10.0. The minimum atomic E-state index is 0.324. The number of ether oxygens (including phenoxy) is 2. The van der Waals surface area contributed by atoms with Crippen LogP contribution in [-0.2, 0) is 13.0 Å². The average molecular weight is 228 g/mol. The summed E-state index contributed by atoms with van der Waals surface area (Å²) in [5.41, 5.74) is 3.72. The monoisotopic (exact) mass is 228 g/mol. The van der Waals surface area contributed by atoms with E-state index in [-0.39, 0.29) is 0 Å². The molecule has 0 unspecified atom stereocenters. The molecule has 0 atom stereocenters. The first-order valence-electron chi connectivity index (χ1n) is 5.86. The van der Waals surface area contributed by atoms with Gasteiger partial charge in [0.25, 0.3) is 0 Å². The SMILES string of the molecule is c1cc2c(cc1-c1cnn3c1CCC3)OCO2. The largest absolute Gasteiger partial charge is 0.454 e. The molecule has 0 aliphatic carbocycles. The standard InChI is InChI=1S/C13H12N2O2/c1-2-11-10(7-14-15(11)5-1)9-3-4-12-13(6-9)17-8-16-12/h3-4,6-7H,1-2,5,8H2. The summed E-state index contributed by atoms with van der Waals surface area (Å²) in [7, 11) is 0. The number of hydrogen-bond donors (Lipinski definition) is 0. The molecule has 0 spiro atoms. The van der Waals surface area contributed by atoms with Crippen molar-refractivity contribution in [1.29, 1.82) is 0 Å². The Morgan fingerprint density at radius 3 is 3.12 bits per heavy atom. The number of rotatable bonds is 1. The van der Waals surface area contributed by atoms with Crippen molar-refractivity contribution in [2.45, 2.75) is 19.4 Å². The molecule has 0 bridgehead atoms. The third-order valence-corrected chi connectivity index (χ3v) is 3.42.